The van der Waals surface area contributed by atoms with Gasteiger partial charge in [-0.05, 0) is 51.3 Å². The Morgan fingerprint density at radius 3 is 2.22 bits per heavy atom. The lowest BCUT2D eigenvalue weighted by atomic mass is 10.1. The van der Waals surface area contributed by atoms with Gasteiger partial charge in [0.25, 0.3) is 5.91 Å². The molecule has 3 rings (SSSR count). The third-order valence-electron chi connectivity index (χ3n) is 5.98. The molecule has 0 aromatic heterocycles. The molecular formula is C28H38N2O7. The molecule has 1 N–H and O–H groups in total. The fourth-order valence-electron chi connectivity index (χ4n) is 4.20. The first-order chi connectivity index (χ1) is 17.6. The monoisotopic (exact) mass is 514 g/mol. The van der Waals surface area contributed by atoms with E-state index < -0.39 is 17.7 Å². The predicted molar refractivity (Wildman–Crippen MR) is 139 cm³/mol. The highest BCUT2D eigenvalue weighted by atomic mass is 16.6. The molecule has 2 aromatic carbocycles. The number of carbonyl (C=O) groups is 2. The van der Waals surface area contributed by atoms with Crippen LogP contribution in [0.4, 0.5) is 4.79 Å². The van der Waals surface area contributed by atoms with Gasteiger partial charge in [0, 0.05) is 18.7 Å². The van der Waals surface area contributed by atoms with E-state index in [4.69, 9.17) is 23.7 Å². The molecule has 1 saturated heterocycles. The van der Waals surface area contributed by atoms with Gasteiger partial charge in [0.15, 0.2) is 11.5 Å². The van der Waals surface area contributed by atoms with Crippen molar-refractivity contribution in [2.45, 2.75) is 58.0 Å². The Kier molecular flexibility index (Phi) is 9.63. The summed E-state index contributed by atoms with van der Waals surface area (Å²) >= 11 is 0. The molecule has 202 valence electrons. The fraction of sp³-hybridized carbons (Fsp3) is 0.500. The summed E-state index contributed by atoms with van der Waals surface area (Å²) in [7, 11) is 4.50. The van der Waals surface area contributed by atoms with Gasteiger partial charge in [0.05, 0.1) is 40.1 Å². The Bertz CT molecular complexity index is 1030. The Morgan fingerprint density at radius 1 is 1.00 bits per heavy atom. The molecule has 1 fully saturated rings. The summed E-state index contributed by atoms with van der Waals surface area (Å²) in [6.45, 7) is 6.66. The first-order valence-corrected chi connectivity index (χ1v) is 12.4. The van der Waals surface area contributed by atoms with Crippen molar-refractivity contribution in [3.63, 3.8) is 0 Å². The van der Waals surface area contributed by atoms with Crippen LogP contribution in [0.3, 0.4) is 0 Å². The Morgan fingerprint density at radius 2 is 1.65 bits per heavy atom. The van der Waals surface area contributed by atoms with Gasteiger partial charge in [-0.25, -0.2) is 4.79 Å². The minimum Gasteiger partial charge on any atom is -0.493 e. The van der Waals surface area contributed by atoms with Crippen molar-refractivity contribution in [3.05, 3.63) is 53.6 Å². The molecule has 1 aliphatic heterocycles. The van der Waals surface area contributed by atoms with Crippen LogP contribution in [-0.2, 0) is 16.1 Å². The van der Waals surface area contributed by atoms with Gasteiger partial charge in [-0.3, -0.25) is 4.79 Å². The maximum atomic E-state index is 13.4. The molecule has 0 radical (unpaired) electrons. The van der Waals surface area contributed by atoms with E-state index in [-0.39, 0.29) is 18.6 Å². The Labute approximate surface area is 219 Å². The van der Waals surface area contributed by atoms with E-state index in [0.717, 1.165) is 12.0 Å². The van der Waals surface area contributed by atoms with E-state index >= 15 is 0 Å². The topological polar surface area (TPSA) is 95.6 Å². The van der Waals surface area contributed by atoms with Crippen LogP contribution >= 0.6 is 0 Å². The quantitative estimate of drug-likeness (QED) is 0.557. The third kappa shape index (κ3) is 7.76. The van der Waals surface area contributed by atoms with Gasteiger partial charge in [-0.2, -0.15) is 0 Å². The smallest absolute Gasteiger partial charge is 0.410 e. The zero-order valence-electron chi connectivity index (χ0n) is 22.5. The number of amides is 2. The molecule has 2 amide bonds. The molecule has 9 heteroatoms. The van der Waals surface area contributed by atoms with Crippen LogP contribution < -0.4 is 19.5 Å². The second-order valence-electron chi connectivity index (χ2n) is 9.90. The van der Waals surface area contributed by atoms with Crippen LogP contribution in [0.25, 0.3) is 0 Å². The summed E-state index contributed by atoms with van der Waals surface area (Å²) < 4.78 is 28.1. The van der Waals surface area contributed by atoms with Crippen molar-refractivity contribution in [2.75, 3.05) is 34.4 Å². The van der Waals surface area contributed by atoms with E-state index in [1.807, 2.05) is 51.1 Å². The molecule has 0 saturated carbocycles. The molecule has 2 atom stereocenters. The maximum absolute atomic E-state index is 13.4. The van der Waals surface area contributed by atoms with Gasteiger partial charge in [0.1, 0.15) is 5.60 Å². The number of hydrogen-bond donors (Lipinski definition) is 1. The average Bonchev–Trinajstić information content (AvgIpc) is 3.08. The molecule has 0 bridgehead atoms. The van der Waals surface area contributed by atoms with Crippen LogP contribution in [0.15, 0.2) is 42.5 Å². The van der Waals surface area contributed by atoms with Crippen LogP contribution in [-0.4, -0.2) is 69.1 Å². The van der Waals surface area contributed by atoms with E-state index in [1.54, 1.807) is 17.0 Å². The van der Waals surface area contributed by atoms with Crippen LogP contribution in [0.5, 0.6) is 17.2 Å². The average molecular weight is 515 g/mol. The number of carbonyl (C=O) groups excluding carboxylic acids is 2. The number of hydrogen-bond acceptors (Lipinski definition) is 7. The summed E-state index contributed by atoms with van der Waals surface area (Å²) in [6, 6.07) is 12.6. The van der Waals surface area contributed by atoms with Crippen LogP contribution in [0, 0.1) is 0 Å². The van der Waals surface area contributed by atoms with Gasteiger partial charge < -0.3 is 33.9 Å². The summed E-state index contributed by atoms with van der Waals surface area (Å²) in [5.74, 6) is 0.806. The number of nitrogens with one attached hydrogen (secondary N) is 1. The lowest BCUT2D eigenvalue weighted by Gasteiger charge is -2.31. The standard InChI is InChI=1S/C28H38N2O7/c1-28(2,3)37-27(32)30-14-10-13-22(36-18-19-11-8-7-9-12-19)21(17-30)29-26(31)20-15-23(33-4)25(35-6)24(16-20)34-5/h7-9,11-12,15-16,21-22H,10,13-14,17-18H2,1-6H3,(H,29,31)/t21-,22-/m1/s1. The van der Waals surface area contributed by atoms with Gasteiger partial charge in [0.2, 0.25) is 5.75 Å². The highest BCUT2D eigenvalue weighted by Gasteiger charge is 2.33. The Balaban J connectivity index is 1.85. The van der Waals surface area contributed by atoms with Crippen molar-refractivity contribution in [1.82, 2.24) is 10.2 Å². The van der Waals surface area contributed by atoms with Crippen molar-refractivity contribution >= 4 is 12.0 Å². The van der Waals surface area contributed by atoms with E-state index in [9.17, 15) is 9.59 Å². The molecule has 0 aliphatic carbocycles. The molecule has 0 spiro atoms. The van der Waals surface area contributed by atoms with Crippen LogP contribution in [0.2, 0.25) is 0 Å². The molecule has 0 unspecified atom stereocenters. The zero-order valence-corrected chi connectivity index (χ0v) is 22.5. The zero-order chi connectivity index (χ0) is 27.0. The molecule has 37 heavy (non-hydrogen) atoms. The molecule has 1 heterocycles. The van der Waals surface area contributed by atoms with Gasteiger partial charge in [-0.1, -0.05) is 30.3 Å². The minimum atomic E-state index is -0.623. The minimum absolute atomic E-state index is 0.254. The molecular weight excluding hydrogens is 476 g/mol. The molecule has 1 aliphatic rings. The maximum Gasteiger partial charge on any atom is 0.410 e. The lowest BCUT2D eigenvalue weighted by molar-refractivity contribution is 0.00421. The van der Waals surface area contributed by atoms with Crippen molar-refractivity contribution in [3.8, 4) is 17.2 Å². The predicted octanol–water partition coefficient (Wildman–Crippen LogP) is 4.43. The summed E-state index contributed by atoms with van der Waals surface area (Å²) in [4.78, 5) is 28.0. The lowest BCUT2D eigenvalue weighted by Crippen LogP contribution is -2.51. The van der Waals surface area contributed by atoms with Crippen LogP contribution in [0.1, 0.15) is 49.5 Å². The number of nitrogens with zero attached hydrogens (tertiary/aromatic N) is 1. The first kappa shape index (κ1) is 28.1. The molecule has 9 nitrogen and oxygen atoms in total. The third-order valence-corrected chi connectivity index (χ3v) is 5.98. The van der Waals surface area contributed by atoms with Crippen molar-refractivity contribution in [2.24, 2.45) is 0 Å². The number of methoxy groups -OCH3 is 3. The van der Waals surface area contributed by atoms with E-state index in [0.29, 0.717) is 42.4 Å². The summed E-state index contributed by atoms with van der Waals surface area (Å²) in [6.07, 6.45) is 0.670. The number of benzene rings is 2. The highest BCUT2D eigenvalue weighted by molar-refractivity contribution is 5.96. The summed E-state index contributed by atoms with van der Waals surface area (Å²) in [5, 5.41) is 3.08. The fourth-order valence-corrected chi connectivity index (χ4v) is 4.20. The SMILES string of the molecule is COc1cc(C(=O)N[C@@H]2CN(C(=O)OC(C)(C)C)CCC[C@H]2OCc2ccccc2)cc(OC)c1OC. The van der Waals surface area contributed by atoms with E-state index in [1.165, 1.54) is 21.3 Å². The normalized spacial score (nSPS) is 17.9. The van der Waals surface area contributed by atoms with Crippen molar-refractivity contribution < 1.29 is 33.3 Å². The highest BCUT2D eigenvalue weighted by Crippen LogP contribution is 2.38. The number of rotatable bonds is 8. The second kappa shape index (κ2) is 12.7. The van der Waals surface area contributed by atoms with Gasteiger partial charge in [-0.15, -0.1) is 0 Å². The second-order valence-corrected chi connectivity index (χ2v) is 9.90. The van der Waals surface area contributed by atoms with Crippen molar-refractivity contribution in [1.29, 1.82) is 0 Å². The number of likely N-dealkylation sites (tertiary alicyclic amines) is 1. The molecule has 2 aromatic rings. The largest absolute Gasteiger partial charge is 0.493 e. The Hall–Kier alpha value is -3.46. The summed E-state index contributed by atoms with van der Waals surface area (Å²) in [5.41, 5.74) is 0.747. The number of ether oxygens (including phenoxy) is 5. The van der Waals surface area contributed by atoms with E-state index in [2.05, 4.69) is 5.32 Å². The first-order valence-electron chi connectivity index (χ1n) is 12.4. The van der Waals surface area contributed by atoms with Gasteiger partial charge >= 0.3 is 6.09 Å².